The zero-order valence-corrected chi connectivity index (χ0v) is 21.4. The highest BCUT2D eigenvalue weighted by Crippen LogP contribution is 2.58. The monoisotopic (exact) mass is 489 g/mol. The molecule has 178 valence electrons. The molecule has 0 unspecified atom stereocenters. The molecule has 5 aromatic rings. The van der Waals surface area contributed by atoms with Gasteiger partial charge < -0.3 is 9.47 Å². The standard InChI is InChI=1S/C33H30O2P/c1-34-29-22-28(23-30(24-29)35-25-27-14-6-2-7-15-27)26-36(31-16-8-3-9-17-31,32-18-10-4-11-19-32)33-20-12-5-13-21-33/h2-24H,25-26H2,1H3/q+1. The molecule has 0 heterocycles. The quantitative estimate of drug-likeness (QED) is 0.213. The summed E-state index contributed by atoms with van der Waals surface area (Å²) in [6.45, 7) is 0.518. The lowest BCUT2D eigenvalue weighted by molar-refractivity contribution is 0.303. The normalized spacial score (nSPS) is 11.1. The molecule has 0 atom stereocenters. The van der Waals surface area contributed by atoms with E-state index < -0.39 is 7.26 Å². The van der Waals surface area contributed by atoms with Gasteiger partial charge in [0.25, 0.3) is 0 Å². The topological polar surface area (TPSA) is 18.5 Å². The summed E-state index contributed by atoms with van der Waals surface area (Å²) in [7, 11) is -0.297. The van der Waals surface area contributed by atoms with Gasteiger partial charge >= 0.3 is 0 Å². The fourth-order valence-corrected chi connectivity index (χ4v) is 8.92. The molecule has 0 fully saturated rings. The number of hydrogen-bond acceptors (Lipinski definition) is 2. The van der Waals surface area contributed by atoms with Crippen LogP contribution < -0.4 is 25.4 Å². The van der Waals surface area contributed by atoms with Gasteiger partial charge in [-0.2, -0.15) is 0 Å². The predicted octanol–water partition coefficient (Wildman–Crippen LogP) is 6.77. The van der Waals surface area contributed by atoms with Crippen LogP contribution in [0.5, 0.6) is 11.5 Å². The van der Waals surface area contributed by atoms with Crippen LogP contribution >= 0.6 is 7.26 Å². The minimum Gasteiger partial charge on any atom is -0.497 e. The van der Waals surface area contributed by atoms with Crippen molar-refractivity contribution in [2.24, 2.45) is 0 Å². The first kappa shape index (κ1) is 23.9. The molecule has 0 bridgehead atoms. The molecule has 0 N–H and O–H groups in total. The van der Waals surface area contributed by atoms with Crippen molar-refractivity contribution in [1.82, 2.24) is 0 Å². The highest BCUT2D eigenvalue weighted by Gasteiger charge is 2.45. The first-order chi connectivity index (χ1) is 17.8. The van der Waals surface area contributed by atoms with Crippen molar-refractivity contribution in [2.75, 3.05) is 7.11 Å². The van der Waals surface area contributed by atoms with Crippen LogP contribution in [0.15, 0.2) is 140 Å². The second-order valence-electron chi connectivity index (χ2n) is 8.77. The summed E-state index contributed by atoms with van der Waals surface area (Å²) >= 11 is 0. The van der Waals surface area contributed by atoms with E-state index in [4.69, 9.17) is 9.47 Å². The maximum atomic E-state index is 6.24. The number of rotatable bonds is 9. The smallest absolute Gasteiger partial charge is 0.123 e. The Morgan fingerprint density at radius 1 is 0.500 bits per heavy atom. The van der Waals surface area contributed by atoms with Gasteiger partial charge in [0.05, 0.1) is 13.3 Å². The zero-order chi connectivity index (χ0) is 24.6. The van der Waals surface area contributed by atoms with Crippen LogP contribution in [0.3, 0.4) is 0 Å². The van der Waals surface area contributed by atoms with Crippen LogP contribution in [0.4, 0.5) is 0 Å². The summed E-state index contributed by atoms with van der Waals surface area (Å²) in [5, 5.41) is 4.07. The van der Waals surface area contributed by atoms with Crippen molar-refractivity contribution in [1.29, 1.82) is 0 Å². The zero-order valence-electron chi connectivity index (χ0n) is 20.5. The Kier molecular flexibility index (Phi) is 7.45. The molecule has 5 rings (SSSR count). The minimum absolute atomic E-state index is 0.518. The summed E-state index contributed by atoms with van der Waals surface area (Å²) in [4.78, 5) is 0. The molecule has 3 heteroatoms. The van der Waals surface area contributed by atoms with Crippen LogP contribution in [0.1, 0.15) is 11.1 Å². The van der Waals surface area contributed by atoms with Crippen LogP contribution in [0.25, 0.3) is 0 Å². The third kappa shape index (κ3) is 5.20. The number of hydrogen-bond donors (Lipinski definition) is 0. The van der Waals surface area contributed by atoms with Gasteiger partial charge in [0, 0.05) is 6.07 Å². The Balaban J connectivity index is 1.62. The molecule has 0 saturated heterocycles. The summed E-state index contributed by atoms with van der Waals surface area (Å²) in [5.41, 5.74) is 2.34. The number of benzene rings is 5. The van der Waals surface area contributed by atoms with Gasteiger partial charge in [0.2, 0.25) is 0 Å². The Morgan fingerprint density at radius 3 is 1.42 bits per heavy atom. The van der Waals surface area contributed by atoms with Crippen molar-refractivity contribution >= 4 is 23.2 Å². The Labute approximate surface area is 214 Å². The van der Waals surface area contributed by atoms with Crippen molar-refractivity contribution in [3.8, 4) is 11.5 Å². The van der Waals surface area contributed by atoms with E-state index in [-0.39, 0.29) is 0 Å². The van der Waals surface area contributed by atoms with Crippen molar-refractivity contribution < 1.29 is 9.47 Å². The van der Waals surface area contributed by atoms with Crippen molar-refractivity contribution in [3.05, 3.63) is 151 Å². The predicted molar refractivity (Wildman–Crippen MR) is 153 cm³/mol. The lowest BCUT2D eigenvalue weighted by Gasteiger charge is -2.28. The molecule has 5 aromatic carbocycles. The SMILES string of the molecule is COc1cc(C[P+](c2ccccc2)(c2ccccc2)c2ccccc2)cc(OCc2ccccc2)c1. The van der Waals surface area contributed by atoms with Gasteiger partial charge in [-0.1, -0.05) is 84.9 Å². The van der Waals surface area contributed by atoms with Crippen molar-refractivity contribution in [2.45, 2.75) is 12.8 Å². The highest BCUT2D eigenvalue weighted by molar-refractivity contribution is 7.95. The minimum atomic E-state index is -2.01. The van der Waals surface area contributed by atoms with E-state index in [0.29, 0.717) is 6.61 Å². The van der Waals surface area contributed by atoms with Crippen molar-refractivity contribution in [3.63, 3.8) is 0 Å². The maximum Gasteiger partial charge on any atom is 0.123 e. The molecular weight excluding hydrogens is 459 g/mol. The van der Waals surface area contributed by atoms with Gasteiger partial charge in [-0.25, -0.2) is 0 Å². The second-order valence-corrected chi connectivity index (χ2v) is 12.3. The first-order valence-electron chi connectivity index (χ1n) is 12.2. The molecule has 36 heavy (non-hydrogen) atoms. The van der Waals surface area contributed by atoms with Gasteiger partial charge in [0.1, 0.15) is 41.3 Å². The van der Waals surface area contributed by atoms with Crippen LogP contribution in [0, 0.1) is 0 Å². The molecule has 0 radical (unpaired) electrons. The molecule has 0 aliphatic carbocycles. The molecular formula is C33H30O2P+. The summed E-state index contributed by atoms with van der Waals surface area (Å²) < 4.78 is 12.0. The Bertz CT molecular complexity index is 1270. The van der Waals surface area contributed by atoms with E-state index in [0.717, 1.165) is 23.2 Å². The summed E-state index contributed by atoms with van der Waals surface area (Å²) in [6, 6.07) is 49.4. The molecule has 0 aromatic heterocycles. The number of ether oxygens (including phenoxy) is 2. The van der Waals surface area contributed by atoms with Gasteiger partial charge in [-0.15, -0.1) is 0 Å². The molecule has 0 aliphatic rings. The highest BCUT2D eigenvalue weighted by atomic mass is 31.2. The molecule has 0 aliphatic heterocycles. The first-order valence-corrected chi connectivity index (χ1v) is 14.1. The molecule has 0 spiro atoms. The largest absolute Gasteiger partial charge is 0.497 e. The molecule has 2 nitrogen and oxygen atoms in total. The van der Waals surface area contributed by atoms with Gasteiger partial charge in [0.15, 0.2) is 0 Å². The van der Waals surface area contributed by atoms with E-state index >= 15 is 0 Å². The lowest BCUT2D eigenvalue weighted by Crippen LogP contribution is -2.32. The third-order valence-electron chi connectivity index (χ3n) is 6.43. The van der Waals surface area contributed by atoms with E-state index in [1.54, 1.807) is 7.11 Å². The van der Waals surface area contributed by atoms with E-state index in [2.05, 4.69) is 115 Å². The third-order valence-corrected chi connectivity index (χ3v) is 10.8. The average Bonchev–Trinajstić information content (AvgIpc) is 2.96. The fraction of sp³-hybridized carbons (Fsp3) is 0.0909. The maximum absolute atomic E-state index is 6.24. The van der Waals surface area contributed by atoms with Gasteiger partial charge in [-0.3, -0.25) is 0 Å². The lowest BCUT2D eigenvalue weighted by atomic mass is 10.2. The Hall–Kier alpha value is -3.87. The number of methoxy groups -OCH3 is 1. The fourth-order valence-electron chi connectivity index (χ4n) is 4.71. The summed E-state index contributed by atoms with van der Waals surface area (Å²) in [5.74, 6) is 1.63. The molecule has 0 amide bonds. The second kappa shape index (κ2) is 11.2. The Morgan fingerprint density at radius 2 is 0.944 bits per heavy atom. The van der Waals surface area contributed by atoms with Crippen LogP contribution in [-0.2, 0) is 12.8 Å². The molecule has 0 saturated carbocycles. The summed E-state index contributed by atoms with van der Waals surface area (Å²) in [6.07, 6.45) is 0.865. The van der Waals surface area contributed by atoms with Crippen LogP contribution in [-0.4, -0.2) is 7.11 Å². The van der Waals surface area contributed by atoms with Crippen LogP contribution in [0.2, 0.25) is 0 Å². The van der Waals surface area contributed by atoms with Gasteiger partial charge in [-0.05, 0) is 59.7 Å². The average molecular weight is 490 g/mol. The van der Waals surface area contributed by atoms with E-state index in [9.17, 15) is 0 Å². The van der Waals surface area contributed by atoms with E-state index in [1.807, 2.05) is 24.3 Å². The van der Waals surface area contributed by atoms with E-state index in [1.165, 1.54) is 21.5 Å².